The second kappa shape index (κ2) is 8.66. The van der Waals surface area contributed by atoms with Crippen LogP contribution in [0, 0.1) is 0 Å². The van der Waals surface area contributed by atoms with E-state index < -0.39 is 11.7 Å². The van der Waals surface area contributed by atoms with Crippen LogP contribution in [-0.4, -0.2) is 35.6 Å². The Kier molecular flexibility index (Phi) is 5.95. The van der Waals surface area contributed by atoms with Gasteiger partial charge in [-0.3, -0.25) is 4.90 Å². The summed E-state index contributed by atoms with van der Waals surface area (Å²) >= 11 is 0. The number of alkyl halides is 3. The van der Waals surface area contributed by atoms with Crippen molar-refractivity contribution >= 4 is 22.8 Å². The van der Waals surface area contributed by atoms with E-state index >= 15 is 0 Å². The zero-order chi connectivity index (χ0) is 22.0. The van der Waals surface area contributed by atoms with E-state index in [0.717, 1.165) is 37.6 Å². The maximum absolute atomic E-state index is 13.2. The molecular weight excluding hydrogens is 409 g/mol. The molecule has 3 N–H and O–H groups in total. The van der Waals surface area contributed by atoms with Crippen LogP contribution in [0.25, 0.3) is 11.1 Å². The van der Waals surface area contributed by atoms with Gasteiger partial charge in [-0.2, -0.15) is 18.2 Å². The van der Waals surface area contributed by atoms with E-state index in [4.69, 9.17) is 14.9 Å². The van der Waals surface area contributed by atoms with Gasteiger partial charge in [-0.15, -0.1) is 0 Å². The van der Waals surface area contributed by atoms with Crippen LogP contribution in [0.4, 0.5) is 24.9 Å². The van der Waals surface area contributed by atoms with Gasteiger partial charge in [-0.05, 0) is 55.7 Å². The molecule has 0 spiro atoms. The lowest BCUT2D eigenvalue weighted by Crippen LogP contribution is -2.38. The van der Waals surface area contributed by atoms with E-state index in [0.29, 0.717) is 29.3 Å². The van der Waals surface area contributed by atoms with Crippen molar-refractivity contribution in [2.24, 2.45) is 0 Å². The fourth-order valence-corrected chi connectivity index (χ4v) is 3.85. The second-order valence-corrected chi connectivity index (χ2v) is 7.70. The number of nitrogens with two attached hydrogens (primary N) is 1. The first-order valence-electron chi connectivity index (χ1n) is 10.3. The van der Waals surface area contributed by atoms with Crippen molar-refractivity contribution in [3.8, 4) is 5.75 Å². The molecular formula is C22H25F3N4O2. The van der Waals surface area contributed by atoms with Gasteiger partial charge in [-0.25, -0.2) is 0 Å². The number of nitrogens with one attached hydrogen (secondary N) is 1. The van der Waals surface area contributed by atoms with E-state index in [1.807, 2.05) is 0 Å². The molecule has 1 aliphatic rings. The first kappa shape index (κ1) is 21.3. The molecule has 6 nitrogen and oxygen atoms in total. The van der Waals surface area contributed by atoms with Gasteiger partial charge < -0.3 is 20.2 Å². The number of ether oxygens (including phenoxy) is 1. The minimum Gasteiger partial charge on any atom is -0.493 e. The Labute approximate surface area is 178 Å². The average molecular weight is 434 g/mol. The van der Waals surface area contributed by atoms with Gasteiger partial charge in [0.1, 0.15) is 11.3 Å². The van der Waals surface area contributed by atoms with E-state index in [1.54, 1.807) is 25.1 Å². The third-order valence-corrected chi connectivity index (χ3v) is 5.38. The molecule has 2 heterocycles. The highest BCUT2D eigenvalue weighted by atomic mass is 19.4. The van der Waals surface area contributed by atoms with Crippen LogP contribution in [0.5, 0.6) is 5.75 Å². The number of benzene rings is 2. The molecule has 1 fully saturated rings. The number of piperidine rings is 1. The summed E-state index contributed by atoms with van der Waals surface area (Å²) in [4.78, 5) is 6.66. The number of halogens is 3. The first-order valence-corrected chi connectivity index (χ1v) is 10.3. The Balaban J connectivity index is 1.35. The van der Waals surface area contributed by atoms with Crippen LogP contribution in [0.1, 0.15) is 30.9 Å². The predicted molar refractivity (Wildman–Crippen MR) is 113 cm³/mol. The number of aromatic nitrogens is 1. The van der Waals surface area contributed by atoms with Gasteiger partial charge in [-0.1, -0.05) is 6.07 Å². The van der Waals surface area contributed by atoms with E-state index in [-0.39, 0.29) is 18.4 Å². The summed E-state index contributed by atoms with van der Waals surface area (Å²) in [5, 5.41) is 3.33. The summed E-state index contributed by atoms with van der Waals surface area (Å²) in [6, 6.07) is 10.2. The maximum Gasteiger partial charge on any atom is 0.419 e. The summed E-state index contributed by atoms with van der Waals surface area (Å²) in [7, 11) is 0. The zero-order valence-corrected chi connectivity index (χ0v) is 17.2. The van der Waals surface area contributed by atoms with Crippen LogP contribution >= 0.6 is 0 Å². The molecule has 0 atom stereocenters. The Morgan fingerprint density at radius 2 is 1.97 bits per heavy atom. The summed E-state index contributed by atoms with van der Waals surface area (Å²) in [5.74, 6) is -0.111. The predicted octanol–water partition coefficient (Wildman–Crippen LogP) is 4.90. The lowest BCUT2D eigenvalue weighted by molar-refractivity contribution is -0.138. The molecule has 9 heteroatoms. The highest BCUT2D eigenvalue weighted by Crippen LogP contribution is 2.37. The summed E-state index contributed by atoms with van der Waals surface area (Å²) in [6.45, 7) is 4.07. The Morgan fingerprint density at radius 1 is 1.19 bits per heavy atom. The van der Waals surface area contributed by atoms with Gasteiger partial charge in [0.05, 0.1) is 12.2 Å². The van der Waals surface area contributed by atoms with Crippen LogP contribution in [-0.2, 0) is 12.7 Å². The third kappa shape index (κ3) is 5.04. The fourth-order valence-electron chi connectivity index (χ4n) is 3.85. The maximum atomic E-state index is 13.2. The zero-order valence-electron chi connectivity index (χ0n) is 17.2. The Bertz CT molecular complexity index is 1040. The number of anilines is 2. The molecule has 4 rings (SSSR count). The second-order valence-electron chi connectivity index (χ2n) is 7.70. The first-order chi connectivity index (χ1) is 14.8. The number of likely N-dealkylation sites (tertiary alicyclic amines) is 1. The molecule has 0 radical (unpaired) electrons. The van der Waals surface area contributed by atoms with E-state index in [1.165, 1.54) is 12.1 Å². The van der Waals surface area contributed by atoms with Crippen molar-refractivity contribution in [1.82, 2.24) is 9.88 Å². The van der Waals surface area contributed by atoms with Gasteiger partial charge in [0, 0.05) is 31.4 Å². The number of fused-ring (bicyclic) bond motifs is 1. The molecule has 31 heavy (non-hydrogen) atoms. The summed E-state index contributed by atoms with van der Waals surface area (Å²) < 4.78 is 50.4. The molecule has 166 valence electrons. The van der Waals surface area contributed by atoms with Crippen molar-refractivity contribution in [1.29, 1.82) is 0 Å². The molecule has 0 saturated carbocycles. The number of hydrogen-bond acceptors (Lipinski definition) is 6. The van der Waals surface area contributed by atoms with Crippen LogP contribution in [0.2, 0.25) is 0 Å². The van der Waals surface area contributed by atoms with Crippen molar-refractivity contribution in [2.45, 2.75) is 38.5 Å². The van der Waals surface area contributed by atoms with Gasteiger partial charge in [0.2, 0.25) is 0 Å². The number of nitrogens with zero attached hydrogens (tertiary/aromatic N) is 2. The molecule has 0 bridgehead atoms. The molecule has 3 aromatic rings. The third-order valence-electron chi connectivity index (χ3n) is 5.38. The molecule has 1 aliphatic heterocycles. The Morgan fingerprint density at radius 3 is 2.68 bits per heavy atom. The standard InChI is InChI=1S/C22H25F3N4O2/c1-2-30-20-11-14(3-5-17(20)22(23,24)25)13-29-9-7-16(8-10-29)27-21-28-18-12-15(26)4-6-19(18)31-21/h3-6,11-12,16H,2,7-10,13,26H2,1H3,(H,27,28). The van der Waals surface area contributed by atoms with Crippen molar-refractivity contribution in [3.05, 3.63) is 47.5 Å². The fraction of sp³-hybridized carbons (Fsp3) is 0.409. The van der Waals surface area contributed by atoms with Gasteiger partial charge >= 0.3 is 6.18 Å². The van der Waals surface area contributed by atoms with Crippen molar-refractivity contribution in [2.75, 3.05) is 30.7 Å². The van der Waals surface area contributed by atoms with Gasteiger partial charge in [0.25, 0.3) is 6.01 Å². The molecule has 0 aliphatic carbocycles. The van der Waals surface area contributed by atoms with Crippen molar-refractivity contribution < 1.29 is 22.3 Å². The number of rotatable bonds is 6. The van der Waals surface area contributed by atoms with Gasteiger partial charge in [0.15, 0.2) is 5.58 Å². The highest BCUT2D eigenvalue weighted by Gasteiger charge is 2.34. The van der Waals surface area contributed by atoms with E-state index in [9.17, 15) is 13.2 Å². The summed E-state index contributed by atoms with van der Waals surface area (Å²) in [6.07, 6.45) is -2.68. The lowest BCUT2D eigenvalue weighted by atomic mass is 10.0. The quantitative estimate of drug-likeness (QED) is 0.537. The molecule has 0 unspecified atom stereocenters. The number of hydrogen-bond donors (Lipinski definition) is 2. The number of nitrogen functional groups attached to an aromatic ring is 1. The molecule has 1 saturated heterocycles. The highest BCUT2D eigenvalue weighted by molar-refractivity contribution is 5.78. The normalized spacial score (nSPS) is 16.0. The lowest BCUT2D eigenvalue weighted by Gasteiger charge is -2.32. The monoisotopic (exact) mass is 434 g/mol. The smallest absolute Gasteiger partial charge is 0.419 e. The minimum atomic E-state index is -4.43. The van der Waals surface area contributed by atoms with Crippen molar-refractivity contribution in [3.63, 3.8) is 0 Å². The van der Waals surface area contributed by atoms with E-state index in [2.05, 4.69) is 15.2 Å². The Hall–Kier alpha value is -2.94. The van der Waals surface area contributed by atoms with Crippen LogP contribution in [0.15, 0.2) is 40.8 Å². The molecule has 1 aromatic heterocycles. The summed E-state index contributed by atoms with van der Waals surface area (Å²) in [5.41, 5.74) is 7.88. The topological polar surface area (TPSA) is 76.5 Å². The minimum absolute atomic E-state index is 0.111. The SMILES string of the molecule is CCOc1cc(CN2CCC(Nc3nc4cc(N)ccc4o3)CC2)ccc1C(F)(F)F. The number of oxazole rings is 1. The largest absolute Gasteiger partial charge is 0.493 e. The average Bonchev–Trinajstić information content (AvgIpc) is 3.10. The van der Waals surface area contributed by atoms with Crippen LogP contribution in [0.3, 0.4) is 0 Å². The van der Waals surface area contributed by atoms with Crippen LogP contribution < -0.4 is 15.8 Å². The molecule has 2 aromatic carbocycles. The molecule has 0 amide bonds.